The third-order valence-corrected chi connectivity index (χ3v) is 2.73. The normalized spacial score (nSPS) is 12.5. The van der Waals surface area contributed by atoms with Crippen molar-refractivity contribution in [1.82, 2.24) is 10.3 Å². The lowest BCUT2D eigenvalue weighted by Gasteiger charge is -2.20. The highest BCUT2D eigenvalue weighted by molar-refractivity contribution is 5.20. The topological polar surface area (TPSA) is 34.1 Å². The van der Waals surface area contributed by atoms with Crippen LogP contribution in [0.5, 0.6) is 5.75 Å². The standard InChI is InChI=1S/C17H30N2O/c1-16(2,3)13-20-15-10-9-14(18-12-15)8-7-11-19-17(4,5)6/h9-10,12,19H,7-8,11,13H2,1-6H3. The van der Waals surface area contributed by atoms with Crippen molar-refractivity contribution in [2.45, 2.75) is 59.9 Å². The Bertz CT molecular complexity index is 385. The third-order valence-electron chi connectivity index (χ3n) is 2.73. The Labute approximate surface area is 124 Å². The fourth-order valence-electron chi connectivity index (χ4n) is 1.68. The first-order chi connectivity index (χ1) is 9.16. The van der Waals surface area contributed by atoms with Gasteiger partial charge in [0.05, 0.1) is 12.8 Å². The first kappa shape index (κ1) is 17.0. The molecule has 0 amide bonds. The van der Waals surface area contributed by atoms with Gasteiger partial charge in [0.2, 0.25) is 0 Å². The van der Waals surface area contributed by atoms with Gasteiger partial charge < -0.3 is 10.1 Å². The maximum atomic E-state index is 5.72. The van der Waals surface area contributed by atoms with E-state index in [9.17, 15) is 0 Å². The van der Waals surface area contributed by atoms with Crippen LogP contribution in [-0.2, 0) is 6.42 Å². The maximum absolute atomic E-state index is 5.72. The number of aromatic nitrogens is 1. The van der Waals surface area contributed by atoms with Crippen molar-refractivity contribution in [2.75, 3.05) is 13.2 Å². The van der Waals surface area contributed by atoms with Crippen LogP contribution in [0.1, 0.15) is 53.7 Å². The van der Waals surface area contributed by atoms with E-state index in [0.717, 1.165) is 30.8 Å². The maximum Gasteiger partial charge on any atom is 0.137 e. The Balaban J connectivity index is 2.32. The van der Waals surface area contributed by atoms with Gasteiger partial charge in [0.1, 0.15) is 5.75 Å². The van der Waals surface area contributed by atoms with Crippen molar-refractivity contribution in [2.24, 2.45) is 5.41 Å². The van der Waals surface area contributed by atoms with Gasteiger partial charge >= 0.3 is 0 Å². The summed E-state index contributed by atoms with van der Waals surface area (Å²) in [6.07, 6.45) is 3.94. The molecule has 0 unspecified atom stereocenters. The van der Waals surface area contributed by atoms with Crippen molar-refractivity contribution in [3.8, 4) is 5.75 Å². The van der Waals surface area contributed by atoms with Crippen molar-refractivity contribution >= 4 is 0 Å². The van der Waals surface area contributed by atoms with Gasteiger partial charge in [-0.1, -0.05) is 20.8 Å². The van der Waals surface area contributed by atoms with E-state index in [1.807, 2.05) is 12.3 Å². The fraction of sp³-hybridized carbons (Fsp3) is 0.706. The summed E-state index contributed by atoms with van der Waals surface area (Å²) in [5, 5.41) is 3.49. The third kappa shape index (κ3) is 8.16. The van der Waals surface area contributed by atoms with Gasteiger partial charge in [-0.3, -0.25) is 4.98 Å². The van der Waals surface area contributed by atoms with Crippen LogP contribution in [0.25, 0.3) is 0 Å². The molecule has 1 rings (SSSR count). The Morgan fingerprint density at radius 3 is 2.30 bits per heavy atom. The zero-order chi connectivity index (χ0) is 15.2. The fourth-order valence-corrected chi connectivity index (χ4v) is 1.68. The van der Waals surface area contributed by atoms with Crippen LogP contribution < -0.4 is 10.1 Å². The second kappa shape index (κ2) is 7.07. The molecule has 0 aliphatic heterocycles. The minimum Gasteiger partial charge on any atom is -0.491 e. The minimum absolute atomic E-state index is 0.178. The van der Waals surface area contributed by atoms with E-state index < -0.39 is 0 Å². The van der Waals surface area contributed by atoms with Crippen molar-refractivity contribution in [1.29, 1.82) is 0 Å². The molecule has 0 atom stereocenters. The smallest absolute Gasteiger partial charge is 0.137 e. The number of hydrogen-bond acceptors (Lipinski definition) is 3. The van der Waals surface area contributed by atoms with Gasteiger partial charge in [-0.25, -0.2) is 0 Å². The summed E-state index contributed by atoms with van der Waals surface area (Å²) in [5.41, 5.74) is 1.50. The Morgan fingerprint density at radius 2 is 1.80 bits per heavy atom. The molecule has 3 heteroatoms. The van der Waals surface area contributed by atoms with E-state index in [1.165, 1.54) is 0 Å². The van der Waals surface area contributed by atoms with Gasteiger partial charge in [0.15, 0.2) is 0 Å². The van der Waals surface area contributed by atoms with Gasteiger partial charge in [-0.15, -0.1) is 0 Å². The summed E-state index contributed by atoms with van der Waals surface area (Å²) in [4.78, 5) is 4.46. The van der Waals surface area contributed by atoms with E-state index in [0.29, 0.717) is 6.61 Å². The van der Waals surface area contributed by atoms with Crippen molar-refractivity contribution in [3.63, 3.8) is 0 Å². The van der Waals surface area contributed by atoms with Crippen LogP contribution in [0.3, 0.4) is 0 Å². The van der Waals surface area contributed by atoms with Gasteiger partial charge in [-0.2, -0.15) is 0 Å². The van der Waals surface area contributed by atoms with Crippen molar-refractivity contribution < 1.29 is 4.74 Å². The lowest BCUT2D eigenvalue weighted by atomic mass is 9.99. The number of nitrogens with one attached hydrogen (secondary N) is 1. The molecule has 0 bridgehead atoms. The molecule has 3 nitrogen and oxygen atoms in total. The van der Waals surface area contributed by atoms with Crippen LogP contribution in [0, 0.1) is 5.41 Å². The zero-order valence-electron chi connectivity index (χ0n) is 13.9. The molecule has 1 heterocycles. The number of nitrogens with zero attached hydrogens (tertiary/aromatic N) is 1. The minimum atomic E-state index is 0.178. The largest absolute Gasteiger partial charge is 0.491 e. The molecule has 0 aliphatic carbocycles. The monoisotopic (exact) mass is 278 g/mol. The summed E-state index contributed by atoms with van der Waals surface area (Å²) in [6, 6.07) is 4.08. The predicted octanol–water partition coefficient (Wildman–Crippen LogP) is 3.83. The Morgan fingerprint density at radius 1 is 1.10 bits per heavy atom. The molecule has 0 saturated heterocycles. The molecule has 1 aromatic rings. The molecule has 1 aromatic heterocycles. The van der Waals surface area contributed by atoms with Crippen LogP contribution in [0.2, 0.25) is 0 Å². The molecular weight excluding hydrogens is 248 g/mol. The average molecular weight is 278 g/mol. The first-order valence-corrected chi connectivity index (χ1v) is 7.48. The number of aryl methyl sites for hydroxylation is 1. The average Bonchev–Trinajstić information content (AvgIpc) is 2.31. The van der Waals surface area contributed by atoms with E-state index >= 15 is 0 Å². The highest BCUT2D eigenvalue weighted by atomic mass is 16.5. The molecular formula is C17H30N2O. The number of hydrogen-bond donors (Lipinski definition) is 1. The molecule has 114 valence electrons. The summed E-state index contributed by atoms with van der Waals surface area (Å²) in [5.74, 6) is 0.858. The van der Waals surface area contributed by atoms with E-state index in [4.69, 9.17) is 4.74 Å². The van der Waals surface area contributed by atoms with E-state index in [2.05, 4.69) is 57.9 Å². The number of ether oxygens (including phenoxy) is 1. The molecule has 1 N–H and O–H groups in total. The second-order valence-corrected chi connectivity index (χ2v) is 7.61. The van der Waals surface area contributed by atoms with Gasteiger partial charge in [0.25, 0.3) is 0 Å². The molecule has 0 fully saturated rings. The number of rotatable bonds is 6. The summed E-state index contributed by atoms with van der Waals surface area (Å²) in [6.45, 7) is 14.8. The molecule has 0 aliphatic rings. The zero-order valence-corrected chi connectivity index (χ0v) is 13.9. The lowest BCUT2D eigenvalue weighted by molar-refractivity contribution is 0.197. The van der Waals surface area contributed by atoms with Crippen LogP contribution in [0.4, 0.5) is 0 Å². The second-order valence-electron chi connectivity index (χ2n) is 7.61. The summed E-state index contributed by atoms with van der Waals surface area (Å²) >= 11 is 0. The molecule has 20 heavy (non-hydrogen) atoms. The Kier molecular flexibility index (Phi) is 6.00. The molecule has 0 spiro atoms. The first-order valence-electron chi connectivity index (χ1n) is 7.48. The summed E-state index contributed by atoms with van der Waals surface area (Å²) in [7, 11) is 0. The SMILES string of the molecule is CC(C)(C)COc1ccc(CCCNC(C)(C)C)nc1. The van der Waals surface area contributed by atoms with Crippen LogP contribution >= 0.6 is 0 Å². The highest BCUT2D eigenvalue weighted by Crippen LogP contribution is 2.17. The van der Waals surface area contributed by atoms with Crippen molar-refractivity contribution in [3.05, 3.63) is 24.0 Å². The van der Waals surface area contributed by atoms with E-state index in [-0.39, 0.29) is 11.0 Å². The Hall–Kier alpha value is -1.09. The molecule has 0 radical (unpaired) electrons. The molecule has 0 saturated carbocycles. The van der Waals surface area contributed by atoms with Crippen LogP contribution in [-0.4, -0.2) is 23.7 Å². The summed E-state index contributed by atoms with van der Waals surface area (Å²) < 4.78 is 5.72. The highest BCUT2D eigenvalue weighted by Gasteiger charge is 2.11. The predicted molar refractivity (Wildman–Crippen MR) is 85.3 cm³/mol. The van der Waals surface area contributed by atoms with E-state index in [1.54, 1.807) is 0 Å². The lowest BCUT2D eigenvalue weighted by Crippen LogP contribution is -2.36. The number of pyridine rings is 1. The van der Waals surface area contributed by atoms with Crippen LogP contribution in [0.15, 0.2) is 18.3 Å². The van der Waals surface area contributed by atoms with Gasteiger partial charge in [-0.05, 0) is 57.7 Å². The molecule has 0 aromatic carbocycles. The quantitative estimate of drug-likeness (QED) is 0.803. The van der Waals surface area contributed by atoms with Gasteiger partial charge in [0, 0.05) is 11.2 Å².